The van der Waals surface area contributed by atoms with Crippen molar-refractivity contribution < 1.29 is 14.3 Å². The summed E-state index contributed by atoms with van der Waals surface area (Å²) in [6.45, 7) is 3.97. The molecule has 0 heterocycles. The van der Waals surface area contributed by atoms with E-state index in [1.165, 1.54) is 0 Å². The predicted molar refractivity (Wildman–Crippen MR) is 97.1 cm³/mol. The predicted octanol–water partition coefficient (Wildman–Crippen LogP) is 4.51. The van der Waals surface area contributed by atoms with E-state index in [-0.39, 0.29) is 11.9 Å². The second-order valence-corrected chi connectivity index (χ2v) is 5.99. The van der Waals surface area contributed by atoms with Crippen LogP contribution in [-0.2, 0) is 4.74 Å². The summed E-state index contributed by atoms with van der Waals surface area (Å²) in [6, 6.07) is 14.3. The number of carbonyl (C=O) groups is 2. The molecule has 0 aliphatic heterocycles. The van der Waals surface area contributed by atoms with Crippen molar-refractivity contribution in [3.63, 3.8) is 0 Å². The monoisotopic (exact) mass is 390 g/mol. The van der Waals surface area contributed by atoms with Crippen molar-refractivity contribution >= 4 is 33.6 Å². The van der Waals surface area contributed by atoms with Crippen LogP contribution in [0.15, 0.2) is 53.0 Å². The Hall–Kier alpha value is -2.34. The maximum atomic E-state index is 12.3. The average molecular weight is 391 g/mol. The maximum Gasteiger partial charge on any atom is 0.411 e. The summed E-state index contributed by atoms with van der Waals surface area (Å²) < 4.78 is 5.75. The Morgan fingerprint density at radius 2 is 1.79 bits per heavy atom. The number of ether oxygens (including phenoxy) is 1. The van der Waals surface area contributed by atoms with Crippen LogP contribution in [-0.4, -0.2) is 18.6 Å². The minimum Gasteiger partial charge on any atom is -0.450 e. The molecule has 0 unspecified atom stereocenters. The van der Waals surface area contributed by atoms with Gasteiger partial charge in [-0.05, 0) is 49.7 Å². The van der Waals surface area contributed by atoms with E-state index in [1.807, 2.05) is 31.2 Å². The lowest BCUT2D eigenvalue weighted by Crippen LogP contribution is -2.26. The van der Waals surface area contributed by atoms with Gasteiger partial charge in [-0.25, -0.2) is 4.79 Å². The van der Waals surface area contributed by atoms with Gasteiger partial charge in [-0.2, -0.15) is 0 Å². The zero-order valence-corrected chi connectivity index (χ0v) is 15.1. The van der Waals surface area contributed by atoms with Crippen molar-refractivity contribution in [3.05, 3.63) is 64.1 Å². The van der Waals surface area contributed by atoms with Gasteiger partial charge in [-0.3, -0.25) is 10.1 Å². The van der Waals surface area contributed by atoms with Crippen LogP contribution in [0.5, 0.6) is 0 Å². The highest BCUT2D eigenvalue weighted by Gasteiger charge is 2.13. The van der Waals surface area contributed by atoms with Gasteiger partial charge in [0, 0.05) is 15.7 Å². The van der Waals surface area contributed by atoms with E-state index >= 15 is 0 Å². The minimum atomic E-state index is -0.516. The van der Waals surface area contributed by atoms with Crippen molar-refractivity contribution in [1.82, 2.24) is 5.32 Å². The molecule has 0 bridgehead atoms. The molecule has 6 heteroatoms. The third kappa shape index (κ3) is 4.83. The van der Waals surface area contributed by atoms with E-state index in [4.69, 9.17) is 4.74 Å². The molecule has 5 nitrogen and oxygen atoms in total. The third-order valence-electron chi connectivity index (χ3n) is 3.39. The number of benzene rings is 2. The molecular formula is C18H19BrN2O3. The smallest absolute Gasteiger partial charge is 0.411 e. The molecule has 0 aliphatic rings. The number of hydrogen-bond donors (Lipinski definition) is 2. The molecule has 0 fully saturated rings. The lowest BCUT2D eigenvalue weighted by molar-refractivity contribution is 0.0939. The minimum absolute atomic E-state index is 0.134. The number of hydrogen-bond acceptors (Lipinski definition) is 3. The number of nitrogens with one attached hydrogen (secondary N) is 2. The molecule has 0 spiro atoms. The molecule has 1 atom stereocenters. The van der Waals surface area contributed by atoms with Crippen LogP contribution in [0.2, 0.25) is 0 Å². The second kappa shape index (κ2) is 8.49. The molecule has 24 heavy (non-hydrogen) atoms. The first-order chi connectivity index (χ1) is 11.5. The summed E-state index contributed by atoms with van der Waals surface area (Å²) in [5.41, 5.74) is 2.10. The fourth-order valence-corrected chi connectivity index (χ4v) is 2.80. The Balaban J connectivity index is 2.00. The summed E-state index contributed by atoms with van der Waals surface area (Å²) in [6.07, 6.45) is -0.516. The van der Waals surface area contributed by atoms with Crippen LogP contribution in [0, 0.1) is 0 Å². The number of carbonyl (C=O) groups excluding carboxylic acids is 2. The molecule has 0 aliphatic carbocycles. The molecule has 2 aromatic carbocycles. The molecular weight excluding hydrogens is 372 g/mol. The van der Waals surface area contributed by atoms with Gasteiger partial charge in [0.1, 0.15) is 0 Å². The van der Waals surface area contributed by atoms with Crippen molar-refractivity contribution in [2.24, 2.45) is 0 Å². The first kappa shape index (κ1) is 18.0. The summed E-state index contributed by atoms with van der Waals surface area (Å²) >= 11 is 3.48. The highest BCUT2D eigenvalue weighted by atomic mass is 79.9. The molecule has 0 aromatic heterocycles. The van der Waals surface area contributed by atoms with Gasteiger partial charge in [0.25, 0.3) is 5.91 Å². The van der Waals surface area contributed by atoms with E-state index in [9.17, 15) is 9.59 Å². The Kier molecular flexibility index (Phi) is 6.37. The van der Waals surface area contributed by atoms with Gasteiger partial charge >= 0.3 is 6.09 Å². The van der Waals surface area contributed by atoms with Crippen molar-refractivity contribution in [1.29, 1.82) is 0 Å². The molecule has 0 saturated carbocycles. The Bertz CT molecular complexity index is 716. The first-order valence-electron chi connectivity index (χ1n) is 7.60. The lowest BCUT2D eigenvalue weighted by atomic mass is 10.1. The third-order valence-corrected chi connectivity index (χ3v) is 4.11. The van der Waals surface area contributed by atoms with Gasteiger partial charge in [0.05, 0.1) is 12.6 Å². The quantitative estimate of drug-likeness (QED) is 0.788. The number of amides is 2. The Labute approximate surface area is 149 Å². The van der Waals surface area contributed by atoms with Gasteiger partial charge in [0.15, 0.2) is 0 Å². The van der Waals surface area contributed by atoms with Gasteiger partial charge in [-0.15, -0.1) is 0 Å². The fourth-order valence-electron chi connectivity index (χ4n) is 2.17. The van der Waals surface area contributed by atoms with Crippen molar-refractivity contribution in [2.45, 2.75) is 19.9 Å². The van der Waals surface area contributed by atoms with Crippen LogP contribution in [0.1, 0.15) is 35.8 Å². The maximum absolute atomic E-state index is 12.3. The van der Waals surface area contributed by atoms with Crippen molar-refractivity contribution in [2.75, 3.05) is 11.9 Å². The molecule has 2 amide bonds. The number of halogens is 1. The zero-order chi connectivity index (χ0) is 17.5. The van der Waals surface area contributed by atoms with Gasteiger partial charge < -0.3 is 10.1 Å². The topological polar surface area (TPSA) is 67.4 Å². The normalized spacial score (nSPS) is 11.5. The molecule has 0 saturated heterocycles. The molecule has 0 radical (unpaired) electrons. The van der Waals surface area contributed by atoms with Gasteiger partial charge in [-0.1, -0.05) is 34.1 Å². The van der Waals surface area contributed by atoms with E-state index in [2.05, 4.69) is 26.6 Å². The summed E-state index contributed by atoms with van der Waals surface area (Å²) in [5, 5.41) is 5.54. The molecule has 2 rings (SSSR count). The van der Waals surface area contributed by atoms with E-state index in [0.717, 1.165) is 10.0 Å². The van der Waals surface area contributed by atoms with Gasteiger partial charge in [0.2, 0.25) is 0 Å². The summed E-state index contributed by atoms with van der Waals surface area (Å²) in [4.78, 5) is 23.7. The number of anilines is 1. The van der Waals surface area contributed by atoms with Crippen LogP contribution in [0.3, 0.4) is 0 Å². The van der Waals surface area contributed by atoms with E-state index < -0.39 is 6.09 Å². The highest BCUT2D eigenvalue weighted by molar-refractivity contribution is 9.10. The van der Waals surface area contributed by atoms with E-state index in [1.54, 1.807) is 31.2 Å². The Morgan fingerprint density at radius 1 is 1.12 bits per heavy atom. The second-order valence-electron chi connectivity index (χ2n) is 5.14. The fraction of sp³-hybridized carbons (Fsp3) is 0.222. The molecule has 126 valence electrons. The average Bonchev–Trinajstić information content (AvgIpc) is 2.56. The van der Waals surface area contributed by atoms with Crippen LogP contribution in [0.25, 0.3) is 0 Å². The molecule has 2 N–H and O–H groups in total. The standard InChI is InChI=1S/C18H19BrN2O3/c1-3-24-18(23)21-14-10-8-13(9-11-14)17(22)20-12(2)15-6-4-5-7-16(15)19/h4-12H,3H2,1-2H3,(H,20,22)(H,21,23)/t12-/m1/s1. The van der Waals surface area contributed by atoms with Crippen LogP contribution in [0.4, 0.5) is 10.5 Å². The zero-order valence-electron chi connectivity index (χ0n) is 13.5. The Morgan fingerprint density at radius 3 is 2.42 bits per heavy atom. The van der Waals surface area contributed by atoms with Crippen LogP contribution < -0.4 is 10.6 Å². The first-order valence-corrected chi connectivity index (χ1v) is 8.39. The summed E-state index contributed by atoms with van der Waals surface area (Å²) in [7, 11) is 0. The molecule has 2 aromatic rings. The number of rotatable bonds is 5. The largest absolute Gasteiger partial charge is 0.450 e. The highest BCUT2D eigenvalue weighted by Crippen LogP contribution is 2.23. The summed E-state index contributed by atoms with van der Waals surface area (Å²) in [5.74, 6) is -0.180. The van der Waals surface area contributed by atoms with Crippen molar-refractivity contribution in [3.8, 4) is 0 Å². The van der Waals surface area contributed by atoms with E-state index in [0.29, 0.717) is 17.9 Å². The SMILES string of the molecule is CCOC(=O)Nc1ccc(C(=O)N[C@H](C)c2ccccc2Br)cc1. The lowest BCUT2D eigenvalue weighted by Gasteiger charge is -2.16. The van der Waals surface area contributed by atoms with Crippen LogP contribution >= 0.6 is 15.9 Å².